The van der Waals surface area contributed by atoms with Crippen LogP contribution in [0.3, 0.4) is 0 Å². The minimum Gasteiger partial charge on any atom is -0.311 e. The average Bonchev–Trinajstić information content (AvgIpc) is 2.59. The summed E-state index contributed by atoms with van der Waals surface area (Å²) in [5.74, 6) is 2.85. The Balaban J connectivity index is 2.42. The van der Waals surface area contributed by atoms with Crippen LogP contribution in [0.2, 0.25) is 0 Å². The van der Waals surface area contributed by atoms with Gasteiger partial charge in [0.05, 0.1) is 0 Å². The minimum absolute atomic E-state index is 0.0462. The molecule has 1 aromatic carbocycles. The van der Waals surface area contributed by atoms with Gasteiger partial charge >= 0.3 is 0 Å². The number of rotatable bonds is 1. The number of nitrogens with zero attached hydrogens (tertiary/aromatic N) is 1. The first-order chi connectivity index (χ1) is 8.02. The van der Waals surface area contributed by atoms with E-state index < -0.39 is 0 Å². The van der Waals surface area contributed by atoms with Crippen molar-refractivity contribution in [2.45, 2.75) is 20.3 Å². The summed E-state index contributed by atoms with van der Waals surface area (Å²) < 4.78 is 1.04. The van der Waals surface area contributed by atoms with Crippen LogP contribution >= 0.6 is 15.9 Å². The van der Waals surface area contributed by atoms with Crippen molar-refractivity contribution < 1.29 is 4.79 Å². The first-order valence-electron chi connectivity index (χ1n) is 5.56. The van der Waals surface area contributed by atoms with Crippen LogP contribution in [0.1, 0.15) is 17.5 Å². The van der Waals surface area contributed by atoms with Gasteiger partial charge in [0.2, 0.25) is 5.91 Å². The highest BCUT2D eigenvalue weighted by atomic mass is 79.9. The SMILES string of the molecule is C#CC1CC(=O)N(c2c(C)cc(Br)cc2C)C1. The number of amides is 1. The predicted molar refractivity (Wildman–Crippen MR) is 72.9 cm³/mol. The van der Waals surface area contributed by atoms with Crippen LogP contribution in [0.5, 0.6) is 0 Å². The maximum Gasteiger partial charge on any atom is 0.228 e. The van der Waals surface area contributed by atoms with E-state index in [1.807, 2.05) is 30.9 Å². The molecule has 0 N–H and O–H groups in total. The second kappa shape index (κ2) is 4.54. The van der Waals surface area contributed by atoms with Gasteiger partial charge in [0.1, 0.15) is 0 Å². The average molecular weight is 292 g/mol. The van der Waals surface area contributed by atoms with Crippen molar-refractivity contribution in [2.24, 2.45) is 5.92 Å². The lowest BCUT2D eigenvalue weighted by Crippen LogP contribution is -2.26. The van der Waals surface area contributed by atoms with Gasteiger partial charge in [-0.05, 0) is 37.1 Å². The van der Waals surface area contributed by atoms with Crippen LogP contribution in [-0.4, -0.2) is 12.5 Å². The van der Waals surface area contributed by atoms with Crippen LogP contribution in [-0.2, 0) is 4.79 Å². The standard InChI is InChI=1S/C14H14BrNO/c1-4-11-7-13(17)16(8-11)14-9(2)5-12(15)6-10(14)3/h1,5-6,11H,7-8H2,2-3H3. The topological polar surface area (TPSA) is 20.3 Å². The number of halogens is 1. The molecule has 0 bridgehead atoms. The minimum atomic E-state index is 0.0462. The number of benzene rings is 1. The molecule has 1 fully saturated rings. The number of hydrogen-bond donors (Lipinski definition) is 0. The molecule has 88 valence electrons. The lowest BCUT2D eigenvalue weighted by Gasteiger charge is -2.21. The Hall–Kier alpha value is -1.27. The third kappa shape index (κ3) is 2.23. The van der Waals surface area contributed by atoms with Gasteiger partial charge in [0, 0.05) is 29.0 Å². The van der Waals surface area contributed by atoms with Gasteiger partial charge in [-0.3, -0.25) is 4.79 Å². The third-order valence-corrected chi connectivity index (χ3v) is 3.54. The molecule has 1 aliphatic heterocycles. The molecule has 2 nitrogen and oxygen atoms in total. The molecule has 0 aromatic heterocycles. The van der Waals surface area contributed by atoms with Crippen molar-refractivity contribution in [2.75, 3.05) is 11.4 Å². The number of carbonyl (C=O) groups excluding carboxylic acids is 1. The van der Waals surface area contributed by atoms with E-state index in [-0.39, 0.29) is 11.8 Å². The number of carbonyl (C=O) groups is 1. The van der Waals surface area contributed by atoms with E-state index in [1.54, 1.807) is 0 Å². The fraction of sp³-hybridized carbons (Fsp3) is 0.357. The zero-order valence-corrected chi connectivity index (χ0v) is 11.5. The van der Waals surface area contributed by atoms with Crippen molar-refractivity contribution >= 4 is 27.5 Å². The molecule has 2 rings (SSSR count). The van der Waals surface area contributed by atoms with Crippen LogP contribution in [0.4, 0.5) is 5.69 Å². The van der Waals surface area contributed by atoms with Crippen LogP contribution < -0.4 is 4.90 Å². The lowest BCUT2D eigenvalue weighted by molar-refractivity contribution is -0.117. The normalized spacial score (nSPS) is 19.5. The highest BCUT2D eigenvalue weighted by molar-refractivity contribution is 9.10. The molecule has 1 amide bonds. The number of anilines is 1. The third-order valence-electron chi connectivity index (χ3n) is 3.09. The van der Waals surface area contributed by atoms with Gasteiger partial charge in [0.15, 0.2) is 0 Å². The predicted octanol–water partition coefficient (Wildman–Crippen LogP) is 3.05. The summed E-state index contributed by atoms with van der Waals surface area (Å²) in [5.41, 5.74) is 3.21. The zero-order chi connectivity index (χ0) is 12.6. The zero-order valence-electron chi connectivity index (χ0n) is 9.96. The molecule has 0 radical (unpaired) electrons. The molecule has 3 heteroatoms. The second-order valence-electron chi connectivity index (χ2n) is 4.46. The smallest absolute Gasteiger partial charge is 0.228 e. The lowest BCUT2D eigenvalue weighted by atomic mass is 10.1. The molecule has 0 saturated carbocycles. The fourth-order valence-corrected chi connectivity index (χ4v) is 3.05. The Labute approximate surface area is 110 Å². The van der Waals surface area contributed by atoms with Crippen molar-refractivity contribution in [3.05, 3.63) is 27.7 Å². The number of terminal acetylenes is 1. The van der Waals surface area contributed by atoms with Gasteiger partial charge < -0.3 is 4.90 Å². The molecule has 0 aliphatic carbocycles. The Bertz CT molecular complexity index is 492. The largest absolute Gasteiger partial charge is 0.311 e. The van der Waals surface area contributed by atoms with E-state index in [0.29, 0.717) is 13.0 Å². The molecule has 1 aliphatic rings. The monoisotopic (exact) mass is 291 g/mol. The van der Waals surface area contributed by atoms with Crippen molar-refractivity contribution in [3.8, 4) is 12.3 Å². The Morgan fingerprint density at radius 2 is 2.00 bits per heavy atom. The highest BCUT2D eigenvalue weighted by Gasteiger charge is 2.30. The van der Waals surface area contributed by atoms with Crippen molar-refractivity contribution in [1.29, 1.82) is 0 Å². The maximum absolute atomic E-state index is 12.0. The summed E-state index contributed by atoms with van der Waals surface area (Å²) in [7, 11) is 0. The number of aryl methyl sites for hydroxylation is 2. The first kappa shape index (κ1) is 12.2. The molecule has 1 saturated heterocycles. The molecule has 1 heterocycles. The van der Waals surface area contributed by atoms with Gasteiger partial charge in [-0.2, -0.15) is 0 Å². The molecular weight excluding hydrogens is 278 g/mol. The van der Waals surface area contributed by atoms with Gasteiger partial charge in [-0.15, -0.1) is 12.3 Å². The van der Waals surface area contributed by atoms with E-state index in [4.69, 9.17) is 6.42 Å². The maximum atomic E-state index is 12.0. The van der Waals surface area contributed by atoms with Crippen LogP contribution in [0.25, 0.3) is 0 Å². The van der Waals surface area contributed by atoms with Crippen LogP contribution in [0, 0.1) is 32.1 Å². The van der Waals surface area contributed by atoms with Crippen LogP contribution in [0.15, 0.2) is 16.6 Å². The Morgan fingerprint density at radius 3 is 2.47 bits per heavy atom. The molecule has 1 unspecified atom stereocenters. The summed E-state index contributed by atoms with van der Waals surface area (Å²) in [6.07, 6.45) is 5.86. The first-order valence-corrected chi connectivity index (χ1v) is 6.35. The van der Waals surface area contributed by atoms with Gasteiger partial charge in [-0.1, -0.05) is 15.9 Å². The summed E-state index contributed by atoms with van der Waals surface area (Å²) in [4.78, 5) is 13.8. The van der Waals surface area contributed by atoms with E-state index >= 15 is 0 Å². The Morgan fingerprint density at radius 1 is 1.41 bits per heavy atom. The summed E-state index contributed by atoms with van der Waals surface area (Å²) in [5, 5.41) is 0. The molecule has 1 aromatic rings. The fourth-order valence-electron chi connectivity index (χ4n) is 2.36. The Kier molecular flexibility index (Phi) is 3.26. The van der Waals surface area contributed by atoms with Crippen molar-refractivity contribution in [1.82, 2.24) is 0 Å². The number of hydrogen-bond acceptors (Lipinski definition) is 1. The molecule has 17 heavy (non-hydrogen) atoms. The van der Waals surface area contributed by atoms with Gasteiger partial charge in [0.25, 0.3) is 0 Å². The summed E-state index contributed by atoms with van der Waals surface area (Å²) >= 11 is 3.46. The summed E-state index contributed by atoms with van der Waals surface area (Å²) in [6, 6.07) is 4.05. The van der Waals surface area contributed by atoms with E-state index in [0.717, 1.165) is 21.3 Å². The molecular formula is C14H14BrNO. The van der Waals surface area contributed by atoms with E-state index in [9.17, 15) is 4.79 Å². The summed E-state index contributed by atoms with van der Waals surface area (Å²) in [6.45, 7) is 4.67. The quantitative estimate of drug-likeness (QED) is 0.729. The second-order valence-corrected chi connectivity index (χ2v) is 5.38. The van der Waals surface area contributed by atoms with E-state index in [1.165, 1.54) is 0 Å². The van der Waals surface area contributed by atoms with Crippen molar-refractivity contribution in [3.63, 3.8) is 0 Å². The van der Waals surface area contributed by atoms with Gasteiger partial charge in [-0.25, -0.2) is 0 Å². The molecule has 1 atom stereocenters. The molecule has 0 spiro atoms. The highest BCUT2D eigenvalue weighted by Crippen LogP contribution is 2.32. The van der Waals surface area contributed by atoms with E-state index in [2.05, 4.69) is 21.9 Å².